The fourth-order valence-electron chi connectivity index (χ4n) is 4.00. The first-order chi connectivity index (χ1) is 8.97. The Kier molecular flexibility index (Phi) is 7.02. The maximum atomic E-state index is 12.1. The van der Waals surface area contributed by atoms with Crippen molar-refractivity contribution in [2.24, 2.45) is 17.3 Å². The minimum atomic E-state index is -1.52. The predicted octanol–water partition coefficient (Wildman–Crippen LogP) is 6.57. The van der Waals surface area contributed by atoms with Crippen molar-refractivity contribution in [2.45, 2.75) is 78.6 Å². The van der Waals surface area contributed by atoms with E-state index in [4.69, 9.17) is 0 Å². The normalized spacial score (nSPS) is 18.6. The summed E-state index contributed by atoms with van der Waals surface area (Å²) in [5.41, 5.74) is 0.363. The highest BCUT2D eigenvalue weighted by Crippen LogP contribution is 2.46. The lowest BCUT2D eigenvalue weighted by Crippen LogP contribution is -2.29. The zero-order valence-electron chi connectivity index (χ0n) is 12.9. The molecule has 0 amide bonds. The molecule has 1 unspecified atom stereocenters. The van der Waals surface area contributed by atoms with Crippen LogP contribution in [-0.2, 0) is 0 Å². The van der Waals surface area contributed by atoms with Crippen LogP contribution in [0.4, 0.5) is 8.78 Å². The molecule has 0 spiro atoms. The van der Waals surface area contributed by atoms with Crippen LogP contribution in [0.1, 0.15) is 78.6 Å². The van der Waals surface area contributed by atoms with Gasteiger partial charge in [-0.3, -0.25) is 0 Å². The molecule has 0 aromatic carbocycles. The van der Waals surface area contributed by atoms with E-state index >= 15 is 0 Å². The number of hydrogen-bond donors (Lipinski definition) is 0. The minimum Gasteiger partial charge on any atom is -0.174 e. The molecule has 1 aliphatic carbocycles. The third kappa shape index (κ3) is 5.62. The van der Waals surface area contributed by atoms with Crippen molar-refractivity contribution in [2.75, 3.05) is 0 Å². The van der Waals surface area contributed by atoms with E-state index in [9.17, 15) is 8.78 Å². The van der Waals surface area contributed by atoms with E-state index in [0.29, 0.717) is 17.8 Å². The third-order valence-electron chi connectivity index (χ3n) is 4.88. The second-order valence-corrected chi connectivity index (χ2v) is 6.81. The van der Waals surface area contributed by atoms with Gasteiger partial charge in [0, 0.05) is 0 Å². The SMILES string of the molecule is CCCC(C)(C)C(CCCC=C(F)F)C1CCCC1. The zero-order chi connectivity index (χ0) is 14.3. The van der Waals surface area contributed by atoms with E-state index in [-0.39, 0.29) is 0 Å². The number of halogens is 2. The van der Waals surface area contributed by atoms with Crippen LogP contribution in [0, 0.1) is 17.3 Å². The van der Waals surface area contributed by atoms with Gasteiger partial charge in [0.05, 0.1) is 0 Å². The lowest BCUT2D eigenvalue weighted by molar-refractivity contribution is 0.115. The molecule has 1 aliphatic rings. The average molecular weight is 272 g/mol. The first-order valence-electron chi connectivity index (χ1n) is 7.98. The molecule has 0 N–H and O–H groups in total. The van der Waals surface area contributed by atoms with Crippen molar-refractivity contribution in [1.29, 1.82) is 0 Å². The molecular weight excluding hydrogens is 242 g/mol. The monoisotopic (exact) mass is 272 g/mol. The van der Waals surface area contributed by atoms with Gasteiger partial charge in [0.1, 0.15) is 0 Å². The molecule has 0 aromatic rings. The van der Waals surface area contributed by atoms with Crippen LogP contribution in [0.2, 0.25) is 0 Å². The van der Waals surface area contributed by atoms with Crippen LogP contribution >= 0.6 is 0 Å². The first-order valence-corrected chi connectivity index (χ1v) is 7.98. The van der Waals surface area contributed by atoms with Gasteiger partial charge in [-0.15, -0.1) is 0 Å². The fourth-order valence-corrected chi connectivity index (χ4v) is 4.00. The predicted molar refractivity (Wildman–Crippen MR) is 78.3 cm³/mol. The van der Waals surface area contributed by atoms with E-state index in [2.05, 4.69) is 20.8 Å². The van der Waals surface area contributed by atoms with Crippen molar-refractivity contribution in [3.8, 4) is 0 Å². The van der Waals surface area contributed by atoms with Gasteiger partial charge in [0.25, 0.3) is 6.08 Å². The summed E-state index contributed by atoms with van der Waals surface area (Å²) in [6, 6.07) is 0. The van der Waals surface area contributed by atoms with Crippen LogP contribution < -0.4 is 0 Å². The smallest absolute Gasteiger partial charge is 0.174 e. The van der Waals surface area contributed by atoms with Gasteiger partial charge >= 0.3 is 0 Å². The van der Waals surface area contributed by atoms with Crippen LogP contribution in [0.5, 0.6) is 0 Å². The molecule has 19 heavy (non-hydrogen) atoms. The standard InChI is InChI=1S/C17H30F2/c1-4-13-17(2,3)15(14-9-5-6-10-14)11-7-8-12-16(18)19/h12,14-15H,4-11,13H2,1-3H3. The quantitative estimate of drug-likeness (QED) is 0.438. The molecule has 112 valence electrons. The Balaban J connectivity index is 2.56. The van der Waals surface area contributed by atoms with Crippen LogP contribution in [0.3, 0.4) is 0 Å². The molecule has 0 aromatic heterocycles. The van der Waals surface area contributed by atoms with Gasteiger partial charge < -0.3 is 0 Å². The molecule has 0 bridgehead atoms. The maximum Gasteiger partial charge on any atom is 0.266 e. The fraction of sp³-hybridized carbons (Fsp3) is 0.882. The summed E-state index contributed by atoms with van der Waals surface area (Å²) < 4.78 is 24.2. The Morgan fingerprint density at radius 2 is 1.89 bits per heavy atom. The van der Waals surface area contributed by atoms with Crippen molar-refractivity contribution in [1.82, 2.24) is 0 Å². The summed E-state index contributed by atoms with van der Waals surface area (Å²) in [7, 11) is 0. The Bertz CT molecular complexity index is 271. The largest absolute Gasteiger partial charge is 0.266 e. The molecule has 1 saturated carbocycles. The molecule has 1 rings (SSSR count). The van der Waals surface area contributed by atoms with E-state index < -0.39 is 6.08 Å². The van der Waals surface area contributed by atoms with Crippen LogP contribution in [0.25, 0.3) is 0 Å². The van der Waals surface area contributed by atoms with Crippen molar-refractivity contribution in [3.63, 3.8) is 0 Å². The third-order valence-corrected chi connectivity index (χ3v) is 4.88. The van der Waals surface area contributed by atoms with E-state index in [1.165, 1.54) is 38.5 Å². The Labute approximate surface area is 117 Å². The Morgan fingerprint density at radius 3 is 2.42 bits per heavy atom. The Morgan fingerprint density at radius 1 is 1.26 bits per heavy atom. The minimum absolute atomic E-state index is 0.363. The van der Waals surface area contributed by atoms with E-state index in [1.54, 1.807) is 0 Å². The van der Waals surface area contributed by atoms with Gasteiger partial charge in [-0.25, -0.2) is 0 Å². The van der Waals surface area contributed by atoms with Gasteiger partial charge in [-0.1, -0.05) is 52.9 Å². The summed E-state index contributed by atoms with van der Waals surface area (Å²) in [5, 5.41) is 0. The van der Waals surface area contributed by atoms with Gasteiger partial charge in [0.15, 0.2) is 0 Å². The van der Waals surface area contributed by atoms with E-state index in [0.717, 1.165) is 24.8 Å². The summed E-state index contributed by atoms with van der Waals surface area (Å²) >= 11 is 0. The molecule has 1 fully saturated rings. The summed E-state index contributed by atoms with van der Waals surface area (Å²) in [4.78, 5) is 0. The van der Waals surface area contributed by atoms with Crippen LogP contribution in [-0.4, -0.2) is 0 Å². The maximum absolute atomic E-state index is 12.1. The number of hydrogen-bond acceptors (Lipinski definition) is 0. The number of rotatable bonds is 8. The highest BCUT2D eigenvalue weighted by atomic mass is 19.3. The van der Waals surface area contributed by atoms with Crippen LogP contribution in [0.15, 0.2) is 12.2 Å². The molecule has 2 heteroatoms. The second kappa shape index (κ2) is 8.01. The highest BCUT2D eigenvalue weighted by molar-refractivity contribution is 4.87. The summed E-state index contributed by atoms with van der Waals surface area (Å²) in [6.45, 7) is 7.00. The highest BCUT2D eigenvalue weighted by Gasteiger charge is 2.35. The second-order valence-electron chi connectivity index (χ2n) is 6.81. The Hall–Kier alpha value is -0.400. The van der Waals surface area contributed by atoms with Gasteiger partial charge in [-0.05, 0) is 49.0 Å². The number of allylic oxidation sites excluding steroid dienone is 1. The van der Waals surface area contributed by atoms with Gasteiger partial charge in [0.2, 0.25) is 0 Å². The molecule has 0 radical (unpaired) electrons. The molecule has 0 aliphatic heterocycles. The van der Waals surface area contributed by atoms with Gasteiger partial charge in [-0.2, -0.15) is 8.78 Å². The number of unbranched alkanes of at least 4 members (excludes halogenated alkanes) is 1. The summed E-state index contributed by atoms with van der Waals surface area (Å²) in [6.07, 6.45) is 10.0. The molecule has 0 nitrogen and oxygen atoms in total. The van der Waals surface area contributed by atoms with Crippen molar-refractivity contribution < 1.29 is 8.78 Å². The lowest BCUT2D eigenvalue weighted by Gasteiger charge is -2.39. The molecule has 1 atom stereocenters. The topological polar surface area (TPSA) is 0 Å². The van der Waals surface area contributed by atoms with Crippen molar-refractivity contribution in [3.05, 3.63) is 12.2 Å². The lowest BCUT2D eigenvalue weighted by atomic mass is 9.67. The van der Waals surface area contributed by atoms with Crippen molar-refractivity contribution >= 4 is 0 Å². The molecule has 0 heterocycles. The average Bonchev–Trinajstić information content (AvgIpc) is 2.81. The summed E-state index contributed by atoms with van der Waals surface area (Å²) in [5.74, 6) is 1.55. The molecular formula is C17H30F2. The zero-order valence-corrected chi connectivity index (χ0v) is 12.9. The molecule has 0 saturated heterocycles. The van der Waals surface area contributed by atoms with E-state index in [1.807, 2.05) is 0 Å². The first kappa shape index (κ1) is 16.7.